The second-order valence-electron chi connectivity index (χ2n) is 6.74. The van der Waals surface area contributed by atoms with Crippen molar-refractivity contribution >= 4 is 23.4 Å². The van der Waals surface area contributed by atoms with Crippen molar-refractivity contribution in [1.29, 1.82) is 0 Å². The van der Waals surface area contributed by atoms with Crippen LogP contribution >= 0.6 is 0 Å². The average molecular weight is 373 g/mol. The average Bonchev–Trinajstić information content (AvgIpc) is 3.10. The summed E-state index contributed by atoms with van der Waals surface area (Å²) in [6, 6.07) is 17.0. The van der Waals surface area contributed by atoms with Gasteiger partial charge in [-0.1, -0.05) is 44.2 Å². The second-order valence-corrected chi connectivity index (χ2v) is 6.74. The van der Waals surface area contributed by atoms with Crippen LogP contribution in [0.15, 0.2) is 60.8 Å². The van der Waals surface area contributed by atoms with Crippen LogP contribution in [0.1, 0.15) is 35.8 Å². The van der Waals surface area contributed by atoms with Crippen molar-refractivity contribution in [3.05, 3.63) is 72.1 Å². The van der Waals surface area contributed by atoms with Crippen molar-refractivity contribution in [3.8, 4) is 11.1 Å². The SMILES string of the molecule is CC(C)c1cccc(-c2cccn3nc(Nc4cccc(C(=O)O)n4)nc23)c1. The minimum atomic E-state index is -1.08. The van der Waals surface area contributed by atoms with E-state index < -0.39 is 5.97 Å². The maximum atomic E-state index is 11.1. The lowest BCUT2D eigenvalue weighted by Crippen LogP contribution is -2.03. The van der Waals surface area contributed by atoms with E-state index in [-0.39, 0.29) is 5.69 Å². The number of rotatable bonds is 5. The Hall–Kier alpha value is -3.74. The highest BCUT2D eigenvalue weighted by Crippen LogP contribution is 2.27. The molecule has 0 saturated heterocycles. The molecule has 0 aliphatic carbocycles. The number of nitrogens with zero attached hydrogens (tertiary/aromatic N) is 4. The van der Waals surface area contributed by atoms with E-state index in [1.807, 2.05) is 24.4 Å². The summed E-state index contributed by atoms with van der Waals surface area (Å²) in [7, 11) is 0. The smallest absolute Gasteiger partial charge is 0.354 e. The molecule has 4 rings (SSSR count). The molecule has 0 unspecified atom stereocenters. The fourth-order valence-corrected chi connectivity index (χ4v) is 2.99. The van der Waals surface area contributed by atoms with Crippen LogP contribution in [0.3, 0.4) is 0 Å². The fraction of sp³-hybridized carbons (Fsp3) is 0.143. The molecule has 3 aromatic heterocycles. The van der Waals surface area contributed by atoms with Crippen LogP contribution in [0.25, 0.3) is 16.8 Å². The van der Waals surface area contributed by atoms with E-state index in [0.717, 1.165) is 11.1 Å². The molecule has 0 bridgehead atoms. The molecular formula is C21H19N5O2. The largest absolute Gasteiger partial charge is 0.477 e. The highest BCUT2D eigenvalue weighted by atomic mass is 16.4. The Kier molecular flexibility index (Phi) is 4.49. The van der Waals surface area contributed by atoms with Gasteiger partial charge in [-0.2, -0.15) is 4.98 Å². The second kappa shape index (κ2) is 7.11. The number of hydrogen-bond donors (Lipinski definition) is 2. The number of carboxylic acid groups (broad SMARTS) is 1. The van der Waals surface area contributed by atoms with Gasteiger partial charge in [0.15, 0.2) is 11.3 Å². The molecule has 0 aliphatic heterocycles. The van der Waals surface area contributed by atoms with Crippen molar-refractivity contribution in [2.45, 2.75) is 19.8 Å². The summed E-state index contributed by atoms with van der Waals surface area (Å²) < 4.78 is 1.70. The predicted molar refractivity (Wildman–Crippen MR) is 107 cm³/mol. The van der Waals surface area contributed by atoms with Gasteiger partial charge in [0.1, 0.15) is 5.82 Å². The van der Waals surface area contributed by atoms with E-state index in [1.165, 1.54) is 11.6 Å². The zero-order chi connectivity index (χ0) is 19.7. The molecule has 0 spiro atoms. The van der Waals surface area contributed by atoms with Gasteiger partial charge in [-0.3, -0.25) is 0 Å². The summed E-state index contributed by atoms with van der Waals surface area (Å²) in [4.78, 5) is 19.7. The number of hydrogen-bond acceptors (Lipinski definition) is 5. The van der Waals surface area contributed by atoms with Gasteiger partial charge in [-0.25, -0.2) is 14.3 Å². The molecular weight excluding hydrogens is 354 g/mol. The molecule has 7 nitrogen and oxygen atoms in total. The molecule has 7 heteroatoms. The summed E-state index contributed by atoms with van der Waals surface area (Å²) in [5.74, 6) is 0.0722. The van der Waals surface area contributed by atoms with Gasteiger partial charge in [-0.15, -0.1) is 5.10 Å². The lowest BCUT2D eigenvalue weighted by Gasteiger charge is -2.08. The van der Waals surface area contributed by atoms with E-state index >= 15 is 0 Å². The molecule has 4 aromatic rings. The third kappa shape index (κ3) is 3.42. The molecule has 140 valence electrons. The maximum absolute atomic E-state index is 11.1. The lowest BCUT2D eigenvalue weighted by atomic mass is 9.98. The number of carboxylic acids is 1. The Balaban J connectivity index is 1.72. The highest BCUT2D eigenvalue weighted by Gasteiger charge is 2.12. The number of aromatic carboxylic acids is 1. The highest BCUT2D eigenvalue weighted by molar-refractivity contribution is 5.86. The van der Waals surface area contributed by atoms with Crippen LogP contribution in [0.5, 0.6) is 0 Å². The van der Waals surface area contributed by atoms with Gasteiger partial charge in [0, 0.05) is 11.8 Å². The van der Waals surface area contributed by atoms with Gasteiger partial charge >= 0.3 is 5.97 Å². The third-order valence-electron chi connectivity index (χ3n) is 4.43. The first-order valence-electron chi connectivity index (χ1n) is 8.94. The van der Waals surface area contributed by atoms with Crippen molar-refractivity contribution < 1.29 is 9.90 Å². The first kappa shape index (κ1) is 17.7. The van der Waals surface area contributed by atoms with Crippen LogP contribution < -0.4 is 5.32 Å². The summed E-state index contributed by atoms with van der Waals surface area (Å²) >= 11 is 0. The minimum absolute atomic E-state index is 0.0417. The molecule has 2 N–H and O–H groups in total. The van der Waals surface area contributed by atoms with Gasteiger partial charge in [0.25, 0.3) is 0 Å². The molecule has 0 fully saturated rings. The van der Waals surface area contributed by atoms with Crippen molar-refractivity contribution in [1.82, 2.24) is 19.6 Å². The number of nitrogens with one attached hydrogen (secondary N) is 1. The molecule has 1 aromatic carbocycles. The molecule has 28 heavy (non-hydrogen) atoms. The molecule has 3 heterocycles. The Morgan fingerprint density at radius 3 is 2.68 bits per heavy atom. The number of carbonyl (C=O) groups is 1. The van der Waals surface area contributed by atoms with Crippen LogP contribution in [0.4, 0.5) is 11.8 Å². The van der Waals surface area contributed by atoms with Gasteiger partial charge in [-0.05, 0) is 41.3 Å². The summed E-state index contributed by atoms with van der Waals surface area (Å²) in [5.41, 5.74) is 3.96. The lowest BCUT2D eigenvalue weighted by molar-refractivity contribution is 0.0690. The Morgan fingerprint density at radius 2 is 1.89 bits per heavy atom. The first-order chi connectivity index (χ1) is 13.5. The maximum Gasteiger partial charge on any atom is 0.354 e. The number of benzene rings is 1. The Morgan fingerprint density at radius 1 is 1.07 bits per heavy atom. The topological polar surface area (TPSA) is 92.4 Å². The number of anilines is 2. The van der Waals surface area contributed by atoms with Crippen LogP contribution in [-0.4, -0.2) is 30.7 Å². The Bertz CT molecular complexity index is 1170. The quantitative estimate of drug-likeness (QED) is 0.540. The van der Waals surface area contributed by atoms with E-state index in [4.69, 9.17) is 5.11 Å². The molecule has 0 radical (unpaired) electrons. The number of aromatic nitrogens is 4. The van der Waals surface area contributed by atoms with Crippen molar-refractivity contribution in [3.63, 3.8) is 0 Å². The van der Waals surface area contributed by atoms with Crippen molar-refractivity contribution in [2.75, 3.05) is 5.32 Å². The fourth-order valence-electron chi connectivity index (χ4n) is 2.99. The van der Waals surface area contributed by atoms with Crippen molar-refractivity contribution in [2.24, 2.45) is 0 Å². The first-order valence-corrected chi connectivity index (χ1v) is 8.94. The minimum Gasteiger partial charge on any atom is -0.477 e. The molecule has 0 saturated carbocycles. The predicted octanol–water partition coefficient (Wildman–Crippen LogP) is 4.36. The van der Waals surface area contributed by atoms with Gasteiger partial charge in [0.2, 0.25) is 5.95 Å². The Labute approximate surface area is 161 Å². The molecule has 0 amide bonds. The number of pyridine rings is 2. The molecule has 0 atom stereocenters. The van der Waals surface area contributed by atoms with Gasteiger partial charge < -0.3 is 10.4 Å². The zero-order valence-electron chi connectivity index (χ0n) is 15.5. The number of fused-ring (bicyclic) bond motifs is 1. The summed E-state index contributed by atoms with van der Waals surface area (Å²) in [5, 5.41) is 16.5. The summed E-state index contributed by atoms with van der Waals surface area (Å²) in [6.07, 6.45) is 1.82. The van der Waals surface area contributed by atoms with E-state index in [0.29, 0.717) is 23.3 Å². The van der Waals surface area contributed by atoms with Gasteiger partial charge in [0.05, 0.1) is 0 Å². The van der Waals surface area contributed by atoms with Crippen LogP contribution in [0, 0.1) is 0 Å². The monoisotopic (exact) mass is 373 g/mol. The zero-order valence-corrected chi connectivity index (χ0v) is 15.5. The third-order valence-corrected chi connectivity index (χ3v) is 4.43. The van der Waals surface area contributed by atoms with E-state index in [2.05, 4.69) is 52.4 Å². The standard InChI is InChI=1S/C21H19N5O2/c1-13(2)14-6-3-7-15(12-14)16-8-5-11-26-19(16)24-21(25-26)23-18-10-4-9-17(22-18)20(27)28/h3-13H,1-2H3,(H,27,28)(H,22,23,25). The van der Waals surface area contributed by atoms with E-state index in [1.54, 1.807) is 16.6 Å². The molecule has 0 aliphatic rings. The van der Waals surface area contributed by atoms with Crippen LogP contribution in [0.2, 0.25) is 0 Å². The summed E-state index contributed by atoms with van der Waals surface area (Å²) in [6.45, 7) is 4.33. The normalized spacial score (nSPS) is 11.1. The van der Waals surface area contributed by atoms with Crippen LogP contribution in [-0.2, 0) is 0 Å². The van der Waals surface area contributed by atoms with E-state index in [9.17, 15) is 4.79 Å².